The second-order valence-electron chi connectivity index (χ2n) is 8.13. The molecule has 0 radical (unpaired) electrons. The number of carbonyl (C=O) groups is 1. The molecule has 7 nitrogen and oxygen atoms in total. The van der Waals surface area contributed by atoms with Gasteiger partial charge in [-0.2, -0.15) is 0 Å². The van der Waals surface area contributed by atoms with Gasteiger partial charge in [0, 0.05) is 42.1 Å². The van der Waals surface area contributed by atoms with Gasteiger partial charge in [-0.3, -0.25) is 19.2 Å². The quantitative estimate of drug-likeness (QED) is 0.317. The SMILES string of the molecule is CC(=O)N(c1nc(CSc2nnc(-c3ccncc3)n2C2CC2)cs1)c1cccc(C)c1C. The van der Waals surface area contributed by atoms with Gasteiger partial charge in [-0.25, -0.2) is 4.98 Å². The normalized spacial score (nSPS) is 13.3. The highest BCUT2D eigenvalue weighted by molar-refractivity contribution is 7.98. The van der Waals surface area contributed by atoms with E-state index in [-0.39, 0.29) is 5.91 Å². The zero-order valence-electron chi connectivity index (χ0n) is 18.7. The molecule has 0 aliphatic heterocycles. The third-order valence-electron chi connectivity index (χ3n) is 5.73. The number of anilines is 2. The van der Waals surface area contributed by atoms with Gasteiger partial charge < -0.3 is 0 Å². The van der Waals surface area contributed by atoms with Crippen molar-refractivity contribution in [3.8, 4) is 11.4 Å². The second-order valence-corrected chi connectivity index (χ2v) is 9.91. The Hall–Kier alpha value is -3.04. The molecule has 1 aliphatic carbocycles. The summed E-state index contributed by atoms with van der Waals surface area (Å²) in [7, 11) is 0. The molecule has 1 aliphatic rings. The number of rotatable bonds is 7. The summed E-state index contributed by atoms with van der Waals surface area (Å²) >= 11 is 3.12. The molecule has 0 N–H and O–H groups in total. The minimum atomic E-state index is -0.0484. The van der Waals surface area contributed by atoms with Crippen LogP contribution in [-0.2, 0) is 10.5 Å². The first-order valence-electron chi connectivity index (χ1n) is 10.8. The van der Waals surface area contributed by atoms with Crippen LogP contribution in [0.1, 0.15) is 42.6 Å². The Morgan fingerprint density at radius 3 is 2.70 bits per heavy atom. The molecule has 3 heterocycles. The van der Waals surface area contributed by atoms with Crippen LogP contribution in [-0.4, -0.2) is 30.6 Å². The number of carbonyl (C=O) groups excluding carboxylic acids is 1. The van der Waals surface area contributed by atoms with Gasteiger partial charge in [-0.1, -0.05) is 23.9 Å². The lowest BCUT2D eigenvalue weighted by atomic mass is 10.1. The van der Waals surface area contributed by atoms with Crippen LogP contribution in [0.25, 0.3) is 11.4 Å². The van der Waals surface area contributed by atoms with Crippen molar-refractivity contribution in [3.63, 3.8) is 0 Å². The average Bonchev–Trinajstić information content (AvgIpc) is 3.39. The van der Waals surface area contributed by atoms with Crippen LogP contribution >= 0.6 is 23.1 Å². The van der Waals surface area contributed by atoms with Gasteiger partial charge in [-0.15, -0.1) is 21.5 Å². The lowest BCUT2D eigenvalue weighted by Gasteiger charge is -2.21. The summed E-state index contributed by atoms with van der Waals surface area (Å²) in [4.78, 5) is 23.1. The molecule has 3 aromatic heterocycles. The molecule has 1 aromatic carbocycles. The molecule has 0 bridgehead atoms. The summed E-state index contributed by atoms with van der Waals surface area (Å²) in [5.41, 5.74) is 5.06. The van der Waals surface area contributed by atoms with Gasteiger partial charge in [0.05, 0.1) is 11.4 Å². The third kappa shape index (κ3) is 4.43. The number of benzene rings is 1. The number of thioether (sulfide) groups is 1. The first kappa shape index (κ1) is 21.8. The van der Waals surface area contributed by atoms with Gasteiger partial charge in [-0.05, 0) is 56.0 Å². The Kier molecular flexibility index (Phi) is 5.99. The zero-order valence-corrected chi connectivity index (χ0v) is 20.4. The van der Waals surface area contributed by atoms with Crippen molar-refractivity contribution in [3.05, 3.63) is 64.9 Å². The van der Waals surface area contributed by atoms with Crippen molar-refractivity contribution in [2.75, 3.05) is 4.90 Å². The summed E-state index contributed by atoms with van der Waals surface area (Å²) in [6, 6.07) is 10.4. The first-order chi connectivity index (χ1) is 16.0. The van der Waals surface area contributed by atoms with E-state index < -0.39 is 0 Å². The van der Waals surface area contributed by atoms with Crippen molar-refractivity contribution in [2.45, 2.75) is 50.6 Å². The highest BCUT2D eigenvalue weighted by Gasteiger charge is 2.30. The third-order valence-corrected chi connectivity index (χ3v) is 7.58. The molecule has 168 valence electrons. The van der Waals surface area contributed by atoms with Crippen LogP contribution in [0.3, 0.4) is 0 Å². The lowest BCUT2D eigenvalue weighted by molar-refractivity contribution is -0.115. The van der Waals surface area contributed by atoms with Gasteiger partial charge in [0.15, 0.2) is 16.1 Å². The van der Waals surface area contributed by atoms with Crippen molar-refractivity contribution < 1.29 is 4.79 Å². The van der Waals surface area contributed by atoms with Gasteiger partial charge in [0.1, 0.15) is 0 Å². The number of amides is 1. The van der Waals surface area contributed by atoms with Crippen LogP contribution in [0, 0.1) is 13.8 Å². The first-order valence-corrected chi connectivity index (χ1v) is 12.7. The van der Waals surface area contributed by atoms with Gasteiger partial charge in [0.25, 0.3) is 0 Å². The topological polar surface area (TPSA) is 76.8 Å². The molecule has 33 heavy (non-hydrogen) atoms. The van der Waals surface area contributed by atoms with Crippen molar-refractivity contribution in [1.29, 1.82) is 0 Å². The van der Waals surface area contributed by atoms with Crippen molar-refractivity contribution >= 4 is 39.8 Å². The van der Waals surface area contributed by atoms with E-state index in [0.29, 0.717) is 16.9 Å². The van der Waals surface area contributed by atoms with Crippen molar-refractivity contribution in [2.24, 2.45) is 0 Å². The molecule has 1 saturated carbocycles. The highest BCUT2D eigenvalue weighted by atomic mass is 32.2. The Labute approximate surface area is 200 Å². The smallest absolute Gasteiger partial charge is 0.230 e. The maximum absolute atomic E-state index is 12.5. The Morgan fingerprint density at radius 1 is 1.18 bits per heavy atom. The number of pyridine rings is 1. The van der Waals surface area contributed by atoms with E-state index in [0.717, 1.165) is 51.9 Å². The van der Waals surface area contributed by atoms with Crippen LogP contribution in [0.15, 0.2) is 53.3 Å². The molecule has 4 aromatic rings. The predicted molar refractivity (Wildman–Crippen MR) is 132 cm³/mol. The zero-order chi connectivity index (χ0) is 22.9. The van der Waals surface area contributed by atoms with Gasteiger partial charge >= 0.3 is 0 Å². The predicted octanol–water partition coefficient (Wildman–Crippen LogP) is 5.73. The standard InChI is InChI=1S/C24H24N6OS2/c1-15-5-4-6-21(16(15)2)29(17(3)31)23-26-19(13-32-23)14-33-24-28-27-22(30(24)20-7-8-20)18-9-11-25-12-10-18/h4-6,9-13,20H,7-8,14H2,1-3H3. The van der Waals surface area contributed by atoms with Crippen LogP contribution in [0.4, 0.5) is 10.8 Å². The van der Waals surface area contributed by atoms with E-state index in [1.165, 1.54) is 11.3 Å². The summed E-state index contributed by atoms with van der Waals surface area (Å²) in [5, 5.41) is 12.5. The van der Waals surface area contributed by atoms with Crippen LogP contribution < -0.4 is 4.90 Å². The number of thiazole rings is 1. The Bertz CT molecular complexity index is 1300. The monoisotopic (exact) mass is 476 g/mol. The fraction of sp³-hybridized carbons (Fsp3) is 0.292. The molecule has 0 spiro atoms. The molecule has 1 amide bonds. The fourth-order valence-electron chi connectivity index (χ4n) is 3.72. The van der Waals surface area contributed by atoms with E-state index in [1.54, 1.807) is 36.0 Å². The van der Waals surface area contributed by atoms with E-state index >= 15 is 0 Å². The number of aromatic nitrogens is 5. The van der Waals surface area contributed by atoms with E-state index in [9.17, 15) is 4.79 Å². The Balaban J connectivity index is 1.37. The lowest BCUT2D eigenvalue weighted by Crippen LogP contribution is -2.23. The maximum Gasteiger partial charge on any atom is 0.230 e. The largest absolute Gasteiger partial charge is 0.299 e. The average molecular weight is 477 g/mol. The fourth-order valence-corrected chi connectivity index (χ4v) is 5.61. The summed E-state index contributed by atoms with van der Waals surface area (Å²) < 4.78 is 2.24. The number of aryl methyl sites for hydroxylation is 1. The minimum Gasteiger partial charge on any atom is -0.299 e. The summed E-state index contributed by atoms with van der Waals surface area (Å²) in [6.07, 6.45) is 5.85. The minimum absolute atomic E-state index is 0.0484. The van der Waals surface area contributed by atoms with Crippen LogP contribution in [0.2, 0.25) is 0 Å². The number of hydrogen-bond acceptors (Lipinski definition) is 7. The molecule has 5 rings (SSSR count). The molecule has 0 unspecified atom stereocenters. The van der Waals surface area contributed by atoms with E-state index in [2.05, 4.69) is 32.7 Å². The van der Waals surface area contributed by atoms with Gasteiger partial charge in [0.2, 0.25) is 5.91 Å². The summed E-state index contributed by atoms with van der Waals surface area (Å²) in [5.74, 6) is 1.50. The number of hydrogen-bond donors (Lipinski definition) is 0. The maximum atomic E-state index is 12.5. The number of nitrogens with zero attached hydrogens (tertiary/aromatic N) is 6. The van der Waals surface area contributed by atoms with Crippen LogP contribution in [0.5, 0.6) is 0 Å². The molecule has 0 atom stereocenters. The van der Waals surface area contributed by atoms with E-state index in [1.807, 2.05) is 36.6 Å². The Morgan fingerprint density at radius 2 is 1.97 bits per heavy atom. The molecule has 1 fully saturated rings. The molecule has 9 heteroatoms. The molecular weight excluding hydrogens is 452 g/mol. The van der Waals surface area contributed by atoms with E-state index in [4.69, 9.17) is 4.98 Å². The molecular formula is C24H24N6OS2. The highest BCUT2D eigenvalue weighted by Crippen LogP contribution is 2.41. The molecule has 0 saturated heterocycles. The summed E-state index contributed by atoms with van der Waals surface area (Å²) in [6.45, 7) is 5.67. The second kappa shape index (κ2) is 9.07. The van der Waals surface area contributed by atoms with Crippen molar-refractivity contribution in [1.82, 2.24) is 24.7 Å².